The van der Waals surface area contributed by atoms with Gasteiger partial charge in [0.05, 0.1) is 9.49 Å². The standard InChI is InChI=1S/C15H32O8S4/c1-14(2,26(18,19)20)8-5-10-24(16)12-7-13-25(17)11-6-9-15(3,4)27(21,22)23/h5-13H2,1-4H3,(H,18,19,20)(H,21,22,23). The quantitative estimate of drug-likeness (QED) is 0.367. The van der Waals surface area contributed by atoms with E-state index in [9.17, 15) is 25.3 Å². The molecule has 2 atom stereocenters. The first-order chi connectivity index (χ1) is 12.0. The fourth-order valence-corrected chi connectivity index (χ4v) is 5.42. The fourth-order valence-electron chi connectivity index (χ4n) is 2.16. The number of hydrogen-bond acceptors (Lipinski definition) is 6. The van der Waals surface area contributed by atoms with Crippen molar-refractivity contribution in [3.63, 3.8) is 0 Å². The van der Waals surface area contributed by atoms with Gasteiger partial charge in [-0.2, -0.15) is 16.8 Å². The molecular weight excluding hydrogens is 436 g/mol. The Morgan fingerprint density at radius 1 is 0.630 bits per heavy atom. The predicted octanol–water partition coefficient (Wildman–Crippen LogP) is 1.77. The van der Waals surface area contributed by atoms with Crippen molar-refractivity contribution < 1.29 is 34.4 Å². The summed E-state index contributed by atoms with van der Waals surface area (Å²) in [6, 6.07) is 0. The van der Waals surface area contributed by atoms with E-state index in [1.165, 1.54) is 27.7 Å². The van der Waals surface area contributed by atoms with Crippen LogP contribution in [0.15, 0.2) is 0 Å². The van der Waals surface area contributed by atoms with Gasteiger partial charge in [-0.25, -0.2) is 0 Å². The summed E-state index contributed by atoms with van der Waals surface area (Å²) < 4.78 is 84.2. The molecular formula is C15H32O8S4. The summed E-state index contributed by atoms with van der Waals surface area (Å²) in [5, 5.41) is 0. The van der Waals surface area contributed by atoms with Crippen LogP contribution in [-0.4, -0.2) is 66.9 Å². The Morgan fingerprint density at radius 2 is 0.889 bits per heavy atom. The van der Waals surface area contributed by atoms with Gasteiger partial charge in [0.15, 0.2) is 0 Å². The second kappa shape index (κ2) is 10.8. The van der Waals surface area contributed by atoms with E-state index < -0.39 is 51.3 Å². The second-order valence-corrected chi connectivity index (χ2v) is 15.2. The van der Waals surface area contributed by atoms with E-state index in [2.05, 4.69) is 0 Å². The third kappa shape index (κ3) is 10.5. The van der Waals surface area contributed by atoms with E-state index in [1.807, 2.05) is 0 Å². The zero-order valence-corrected chi connectivity index (χ0v) is 19.6. The monoisotopic (exact) mass is 468 g/mol. The van der Waals surface area contributed by atoms with Crippen molar-refractivity contribution in [2.24, 2.45) is 0 Å². The largest absolute Gasteiger partial charge is 0.285 e. The zero-order chi connectivity index (χ0) is 21.5. The molecule has 0 amide bonds. The van der Waals surface area contributed by atoms with Gasteiger partial charge in [0.1, 0.15) is 0 Å². The molecule has 0 aliphatic rings. The maximum atomic E-state index is 11.9. The average Bonchev–Trinajstić information content (AvgIpc) is 2.44. The third-order valence-electron chi connectivity index (χ3n) is 4.44. The van der Waals surface area contributed by atoms with Crippen LogP contribution >= 0.6 is 0 Å². The lowest BCUT2D eigenvalue weighted by molar-refractivity contribution is 0.429. The van der Waals surface area contributed by atoms with Gasteiger partial charge in [-0.3, -0.25) is 17.5 Å². The van der Waals surface area contributed by atoms with Crippen molar-refractivity contribution in [2.75, 3.05) is 23.0 Å². The molecule has 0 aromatic heterocycles. The highest BCUT2D eigenvalue weighted by Crippen LogP contribution is 2.22. The van der Waals surface area contributed by atoms with Crippen LogP contribution in [0.4, 0.5) is 0 Å². The van der Waals surface area contributed by atoms with Crippen molar-refractivity contribution in [3.05, 3.63) is 0 Å². The SMILES string of the molecule is CC(C)(CCCS(=O)CCCS(=O)CCCC(C)(C)S(=O)(=O)O)S(=O)(=O)O. The van der Waals surface area contributed by atoms with E-state index in [0.29, 0.717) is 42.3 Å². The molecule has 8 nitrogen and oxygen atoms in total. The van der Waals surface area contributed by atoms with Gasteiger partial charge < -0.3 is 0 Å². The molecule has 0 aliphatic heterocycles. The minimum atomic E-state index is -4.15. The number of hydrogen-bond donors (Lipinski definition) is 2. The molecule has 12 heteroatoms. The van der Waals surface area contributed by atoms with Crippen molar-refractivity contribution in [2.45, 2.75) is 69.3 Å². The molecule has 0 bridgehead atoms. The van der Waals surface area contributed by atoms with Crippen LogP contribution < -0.4 is 0 Å². The fraction of sp³-hybridized carbons (Fsp3) is 1.00. The smallest absolute Gasteiger partial charge is 0.270 e. The molecule has 0 radical (unpaired) electrons. The minimum Gasteiger partial charge on any atom is -0.285 e. The van der Waals surface area contributed by atoms with Gasteiger partial charge in [-0.05, 0) is 59.8 Å². The Morgan fingerprint density at radius 3 is 1.15 bits per heavy atom. The van der Waals surface area contributed by atoms with E-state index in [1.54, 1.807) is 0 Å². The van der Waals surface area contributed by atoms with Crippen molar-refractivity contribution in [1.82, 2.24) is 0 Å². The van der Waals surface area contributed by atoms with Gasteiger partial charge in [0, 0.05) is 44.6 Å². The van der Waals surface area contributed by atoms with E-state index >= 15 is 0 Å². The Hall–Kier alpha value is 0.120. The third-order valence-corrected chi connectivity index (χ3v) is 10.6. The van der Waals surface area contributed by atoms with Crippen LogP contribution in [-0.2, 0) is 41.8 Å². The van der Waals surface area contributed by atoms with Crippen LogP contribution in [0, 0.1) is 0 Å². The van der Waals surface area contributed by atoms with Crippen molar-refractivity contribution >= 4 is 41.8 Å². The zero-order valence-electron chi connectivity index (χ0n) is 16.3. The van der Waals surface area contributed by atoms with Crippen LogP contribution in [0.2, 0.25) is 0 Å². The lowest BCUT2D eigenvalue weighted by atomic mass is 10.1. The van der Waals surface area contributed by atoms with Crippen molar-refractivity contribution in [1.29, 1.82) is 0 Å². The molecule has 2 N–H and O–H groups in total. The molecule has 0 aliphatic carbocycles. The summed E-state index contributed by atoms with van der Waals surface area (Å²) >= 11 is 0. The molecule has 0 aromatic carbocycles. The summed E-state index contributed by atoms with van der Waals surface area (Å²) in [6.07, 6.45) is 1.68. The normalized spacial score (nSPS) is 16.2. The predicted molar refractivity (Wildman–Crippen MR) is 110 cm³/mol. The van der Waals surface area contributed by atoms with Gasteiger partial charge >= 0.3 is 0 Å². The Balaban J connectivity index is 4.03. The maximum absolute atomic E-state index is 11.9. The van der Waals surface area contributed by atoms with E-state index in [4.69, 9.17) is 9.11 Å². The van der Waals surface area contributed by atoms with Gasteiger partial charge in [0.25, 0.3) is 20.2 Å². The minimum absolute atomic E-state index is 0.201. The highest BCUT2D eigenvalue weighted by Gasteiger charge is 2.32. The lowest BCUT2D eigenvalue weighted by Crippen LogP contribution is -2.31. The summed E-state index contributed by atoms with van der Waals surface area (Å²) in [7, 11) is -10.6. The average molecular weight is 469 g/mol. The first kappa shape index (κ1) is 27.1. The van der Waals surface area contributed by atoms with Crippen LogP contribution in [0.25, 0.3) is 0 Å². The Kier molecular flexibility index (Phi) is 10.8. The summed E-state index contributed by atoms with van der Waals surface area (Å²) in [5.41, 5.74) is 0. The highest BCUT2D eigenvalue weighted by atomic mass is 32.2. The van der Waals surface area contributed by atoms with Crippen LogP contribution in [0.5, 0.6) is 0 Å². The van der Waals surface area contributed by atoms with Gasteiger partial charge in [-0.15, -0.1) is 0 Å². The van der Waals surface area contributed by atoms with E-state index in [-0.39, 0.29) is 12.8 Å². The van der Waals surface area contributed by atoms with Crippen LogP contribution in [0.3, 0.4) is 0 Å². The Labute approximate surface area is 168 Å². The summed E-state index contributed by atoms with van der Waals surface area (Å²) in [4.78, 5) is 0. The highest BCUT2D eigenvalue weighted by molar-refractivity contribution is 7.87. The molecule has 0 saturated heterocycles. The molecule has 164 valence electrons. The van der Waals surface area contributed by atoms with Crippen LogP contribution in [0.1, 0.15) is 59.8 Å². The van der Waals surface area contributed by atoms with Crippen molar-refractivity contribution in [3.8, 4) is 0 Å². The molecule has 0 heterocycles. The molecule has 0 aromatic rings. The maximum Gasteiger partial charge on any atom is 0.270 e. The van der Waals surface area contributed by atoms with Gasteiger partial charge in [0.2, 0.25) is 0 Å². The molecule has 2 unspecified atom stereocenters. The molecule has 0 saturated carbocycles. The topological polar surface area (TPSA) is 143 Å². The molecule has 0 fully saturated rings. The van der Waals surface area contributed by atoms with E-state index in [0.717, 1.165) is 0 Å². The lowest BCUT2D eigenvalue weighted by Gasteiger charge is -2.20. The molecule has 0 rings (SSSR count). The molecule has 0 spiro atoms. The Bertz CT molecular complexity index is 661. The summed E-state index contributed by atoms with van der Waals surface area (Å²) in [5.74, 6) is 1.34. The first-order valence-electron chi connectivity index (χ1n) is 8.64. The number of rotatable bonds is 14. The summed E-state index contributed by atoms with van der Waals surface area (Å²) in [6.45, 7) is 5.66. The molecule has 27 heavy (non-hydrogen) atoms. The second-order valence-electron chi connectivity index (χ2n) is 7.73. The van der Waals surface area contributed by atoms with Gasteiger partial charge in [-0.1, -0.05) is 0 Å². The first-order valence-corrected chi connectivity index (χ1v) is 14.5.